The number of allylic oxidation sites excluding steroid dienone is 1. The highest BCUT2D eigenvalue weighted by Crippen LogP contribution is 2.65. The Morgan fingerprint density at radius 1 is 0.860 bits per heavy atom. The zero-order valence-electron chi connectivity index (χ0n) is 27.5. The first-order valence-electron chi connectivity index (χ1n) is 17.6. The van der Waals surface area contributed by atoms with E-state index in [1.54, 1.807) is 12.1 Å². The first kappa shape index (κ1) is 31.8. The van der Waals surface area contributed by atoms with E-state index in [1.165, 1.54) is 24.8 Å². The van der Waals surface area contributed by atoms with Gasteiger partial charge in [-0.05, 0) is 148 Å². The molecule has 4 nitrogen and oxygen atoms in total. The van der Waals surface area contributed by atoms with Crippen molar-refractivity contribution in [2.24, 2.45) is 46.3 Å². The van der Waals surface area contributed by atoms with E-state index in [-0.39, 0.29) is 16.7 Å². The number of aliphatic hydroxyl groups is 2. The molecule has 4 saturated carbocycles. The Hall–Kier alpha value is -1.17. The molecule has 6 rings (SSSR count). The number of fused-ring (bicyclic) bond motifs is 5. The fraction of sp³-hybridized carbons (Fsp3) is 0.789. The third-order valence-electron chi connectivity index (χ3n) is 14.1. The van der Waals surface area contributed by atoms with Crippen LogP contribution in [-0.4, -0.2) is 35.1 Å². The first-order chi connectivity index (χ1) is 20.2. The zero-order chi connectivity index (χ0) is 30.8. The molecule has 0 bridgehead atoms. The summed E-state index contributed by atoms with van der Waals surface area (Å²) in [4.78, 5) is 0.407. The third kappa shape index (κ3) is 5.71. The van der Waals surface area contributed by atoms with E-state index in [4.69, 9.17) is 0 Å². The lowest BCUT2D eigenvalue weighted by Crippen LogP contribution is -2.50. The SMILES string of the molecule is CC[C@]1(O)CC[C@H]2C(=CC[C@@H]3C2CC[C@]2(C)[C@@H]([C@H](C)C(CC4(O)CCC(C)(C)CC4)S(=O)(=O)c4ccccc4)CC[C@@H]32)C1. The minimum Gasteiger partial charge on any atom is -0.390 e. The van der Waals surface area contributed by atoms with Crippen molar-refractivity contribution in [1.29, 1.82) is 0 Å². The Bertz CT molecular complexity index is 1290. The summed E-state index contributed by atoms with van der Waals surface area (Å²) in [6.45, 7) is 11.4. The van der Waals surface area contributed by atoms with Crippen LogP contribution in [0.5, 0.6) is 0 Å². The molecule has 5 aliphatic rings. The van der Waals surface area contributed by atoms with Crippen molar-refractivity contribution in [2.45, 2.75) is 146 Å². The average molecular weight is 611 g/mol. The highest BCUT2D eigenvalue weighted by atomic mass is 32.2. The van der Waals surface area contributed by atoms with Crippen LogP contribution in [0.1, 0.15) is 125 Å². The second-order valence-corrected chi connectivity index (χ2v) is 19.1. The van der Waals surface area contributed by atoms with Gasteiger partial charge in [-0.3, -0.25) is 0 Å². The van der Waals surface area contributed by atoms with Crippen molar-refractivity contribution >= 4 is 9.84 Å². The molecule has 0 amide bonds. The van der Waals surface area contributed by atoms with Crippen molar-refractivity contribution in [3.63, 3.8) is 0 Å². The van der Waals surface area contributed by atoms with Gasteiger partial charge in [0.15, 0.2) is 9.84 Å². The van der Waals surface area contributed by atoms with Crippen LogP contribution < -0.4 is 0 Å². The molecule has 43 heavy (non-hydrogen) atoms. The molecule has 0 spiro atoms. The van der Waals surface area contributed by atoms with Gasteiger partial charge in [0.25, 0.3) is 0 Å². The van der Waals surface area contributed by atoms with E-state index in [0.29, 0.717) is 53.7 Å². The van der Waals surface area contributed by atoms with E-state index in [2.05, 4.69) is 40.7 Å². The molecule has 0 heterocycles. The Morgan fingerprint density at radius 3 is 2.23 bits per heavy atom. The molecule has 0 saturated heterocycles. The van der Waals surface area contributed by atoms with Gasteiger partial charge in [0.1, 0.15) is 0 Å². The van der Waals surface area contributed by atoms with E-state index in [9.17, 15) is 18.6 Å². The van der Waals surface area contributed by atoms with Crippen molar-refractivity contribution in [2.75, 3.05) is 0 Å². The topological polar surface area (TPSA) is 74.6 Å². The monoisotopic (exact) mass is 610 g/mol. The number of hydrogen-bond acceptors (Lipinski definition) is 4. The number of benzene rings is 1. The fourth-order valence-electron chi connectivity index (χ4n) is 11.2. The van der Waals surface area contributed by atoms with E-state index < -0.39 is 26.3 Å². The second kappa shape index (κ2) is 11.3. The van der Waals surface area contributed by atoms with Crippen LogP contribution in [0.15, 0.2) is 46.9 Å². The Balaban J connectivity index is 1.27. The maximum atomic E-state index is 14.5. The zero-order valence-corrected chi connectivity index (χ0v) is 28.3. The summed E-state index contributed by atoms with van der Waals surface area (Å²) in [5.41, 5.74) is 0.439. The lowest BCUT2D eigenvalue weighted by Gasteiger charge is -2.55. The van der Waals surface area contributed by atoms with Gasteiger partial charge in [-0.1, -0.05) is 64.5 Å². The predicted molar refractivity (Wildman–Crippen MR) is 174 cm³/mol. The molecule has 0 aliphatic heterocycles. The fourth-order valence-corrected chi connectivity index (χ4v) is 13.3. The lowest BCUT2D eigenvalue weighted by molar-refractivity contribution is -0.0532. The van der Waals surface area contributed by atoms with Crippen molar-refractivity contribution < 1.29 is 18.6 Å². The molecule has 0 aromatic heterocycles. The van der Waals surface area contributed by atoms with Crippen LogP contribution in [0.3, 0.4) is 0 Å². The van der Waals surface area contributed by atoms with Crippen molar-refractivity contribution in [1.82, 2.24) is 0 Å². The molecule has 1 aromatic carbocycles. The molecule has 4 fully saturated rings. The lowest BCUT2D eigenvalue weighted by atomic mass is 9.50. The van der Waals surface area contributed by atoms with E-state index >= 15 is 0 Å². The minimum absolute atomic E-state index is 0.0142. The van der Waals surface area contributed by atoms with Crippen LogP contribution in [0.4, 0.5) is 0 Å². The molecule has 5 aliphatic carbocycles. The standard InChI is InChI=1S/C38H58O4S/c1-6-37(39)19-17-29-27(24-37)12-13-31-30(29)16-18-36(5)32(14-15-33(31)36)26(2)34(43(41,42)28-10-8-7-9-11-28)25-38(40)22-20-35(3,4)21-23-38/h7-12,26,29-34,39-40H,6,13-25H2,1-5H3/t26-,29-,30?,31+,32+,33-,34?,36+,37-/m0/s1. The van der Waals surface area contributed by atoms with Crippen molar-refractivity contribution in [3.05, 3.63) is 42.0 Å². The van der Waals surface area contributed by atoms with Gasteiger partial charge in [-0.2, -0.15) is 0 Å². The van der Waals surface area contributed by atoms with Gasteiger partial charge in [-0.15, -0.1) is 0 Å². The van der Waals surface area contributed by atoms with Crippen LogP contribution >= 0.6 is 0 Å². The van der Waals surface area contributed by atoms with Gasteiger partial charge < -0.3 is 10.2 Å². The molecule has 240 valence electrons. The highest BCUT2D eigenvalue weighted by Gasteiger charge is 2.59. The summed E-state index contributed by atoms with van der Waals surface area (Å²) >= 11 is 0. The van der Waals surface area contributed by atoms with Gasteiger partial charge in [0.05, 0.1) is 21.3 Å². The smallest absolute Gasteiger partial charge is 0.181 e. The van der Waals surface area contributed by atoms with Gasteiger partial charge in [-0.25, -0.2) is 8.42 Å². The van der Waals surface area contributed by atoms with Gasteiger partial charge in [0, 0.05) is 0 Å². The summed E-state index contributed by atoms with van der Waals surface area (Å²) < 4.78 is 28.9. The first-order valence-corrected chi connectivity index (χ1v) is 19.2. The molecular formula is C38H58O4S. The maximum Gasteiger partial charge on any atom is 0.181 e. The summed E-state index contributed by atoms with van der Waals surface area (Å²) in [5.74, 6) is 2.96. The van der Waals surface area contributed by atoms with E-state index in [0.717, 1.165) is 51.4 Å². The Labute approximate surface area is 262 Å². The summed E-state index contributed by atoms with van der Waals surface area (Å²) in [6.07, 6.45) is 15.7. The largest absolute Gasteiger partial charge is 0.390 e. The van der Waals surface area contributed by atoms with Crippen LogP contribution in [0.2, 0.25) is 0 Å². The summed E-state index contributed by atoms with van der Waals surface area (Å²) in [5, 5.41) is 22.4. The average Bonchev–Trinajstić information content (AvgIpc) is 3.35. The summed E-state index contributed by atoms with van der Waals surface area (Å²) in [6, 6.07) is 9.05. The molecule has 5 heteroatoms. The number of hydrogen-bond donors (Lipinski definition) is 2. The molecule has 0 radical (unpaired) electrons. The van der Waals surface area contributed by atoms with Crippen LogP contribution in [0, 0.1) is 46.3 Å². The third-order valence-corrected chi connectivity index (χ3v) is 16.5. The molecular weight excluding hydrogens is 552 g/mol. The van der Waals surface area contributed by atoms with Crippen molar-refractivity contribution in [3.8, 4) is 0 Å². The van der Waals surface area contributed by atoms with Crippen LogP contribution in [0.25, 0.3) is 0 Å². The van der Waals surface area contributed by atoms with Gasteiger partial charge in [0.2, 0.25) is 0 Å². The normalized spacial score (nSPS) is 40.0. The molecule has 9 atom stereocenters. The molecule has 2 N–H and O–H groups in total. The van der Waals surface area contributed by atoms with E-state index in [1.807, 2.05) is 18.2 Å². The number of rotatable bonds is 7. The summed E-state index contributed by atoms with van der Waals surface area (Å²) in [7, 11) is -3.61. The quantitative estimate of drug-likeness (QED) is 0.304. The molecule has 1 aromatic rings. The molecule has 2 unspecified atom stereocenters. The van der Waals surface area contributed by atoms with Crippen LogP contribution in [-0.2, 0) is 9.84 Å². The minimum atomic E-state index is -3.61. The maximum absolute atomic E-state index is 14.5. The Morgan fingerprint density at radius 2 is 1.56 bits per heavy atom. The Kier molecular flexibility index (Phi) is 8.33. The number of sulfone groups is 1. The second-order valence-electron chi connectivity index (χ2n) is 16.9. The van der Waals surface area contributed by atoms with Gasteiger partial charge >= 0.3 is 0 Å². The predicted octanol–water partition coefficient (Wildman–Crippen LogP) is 8.52. The highest BCUT2D eigenvalue weighted by molar-refractivity contribution is 7.92.